The molecule has 1 aliphatic heterocycles. The van der Waals surface area contributed by atoms with Crippen molar-refractivity contribution < 1.29 is 14.1 Å². The summed E-state index contributed by atoms with van der Waals surface area (Å²) in [6.45, 7) is 1.31. The zero-order valence-corrected chi connectivity index (χ0v) is 20.5. The van der Waals surface area contributed by atoms with E-state index in [0.29, 0.717) is 24.5 Å². The summed E-state index contributed by atoms with van der Waals surface area (Å²) in [5, 5.41) is 8.46. The second-order valence-corrected chi connectivity index (χ2v) is 9.82. The average molecular weight is 476 g/mol. The third-order valence-corrected chi connectivity index (χ3v) is 7.56. The van der Waals surface area contributed by atoms with E-state index in [0.717, 1.165) is 56.3 Å². The fourth-order valence-electron chi connectivity index (χ4n) is 5.53. The maximum absolute atomic E-state index is 13.3. The normalized spacial score (nSPS) is 17.1. The van der Waals surface area contributed by atoms with Gasteiger partial charge in [0.1, 0.15) is 11.5 Å². The van der Waals surface area contributed by atoms with Gasteiger partial charge in [-0.3, -0.25) is 14.3 Å². The first-order valence-electron chi connectivity index (χ1n) is 12.6. The number of aromatic nitrogens is 3. The number of piperidine rings is 1. The zero-order valence-electron chi connectivity index (χ0n) is 20.5. The van der Waals surface area contributed by atoms with Crippen LogP contribution >= 0.6 is 0 Å². The van der Waals surface area contributed by atoms with Crippen LogP contribution in [0, 0.1) is 5.92 Å². The summed E-state index contributed by atoms with van der Waals surface area (Å²) in [4.78, 5) is 30.3. The van der Waals surface area contributed by atoms with Crippen molar-refractivity contribution in [2.45, 2.75) is 51.0 Å². The molecule has 184 valence electrons. The molecule has 1 fully saturated rings. The van der Waals surface area contributed by atoms with Crippen molar-refractivity contribution in [3.63, 3.8) is 0 Å². The summed E-state index contributed by atoms with van der Waals surface area (Å²) in [6.07, 6.45) is 8.14. The number of fused-ring (bicyclic) bond motifs is 1. The number of amides is 2. The molecule has 2 amide bonds. The van der Waals surface area contributed by atoms with E-state index in [9.17, 15) is 9.59 Å². The Labute approximate surface area is 205 Å². The molecule has 8 heteroatoms. The molecule has 2 aliphatic rings. The Balaban J connectivity index is 1.30. The van der Waals surface area contributed by atoms with Crippen LogP contribution in [0.3, 0.4) is 0 Å². The standard InChI is InChI=1S/C27H33N5O3/c1-30-15-14-22(28-30)26(33)31(2)23(18-19-8-4-3-5-9-19)20-12-16-32(17-13-20)27(34)25-21-10-6-7-11-24(21)35-29-25/h3-5,8-9,14-15,20,23H,6-7,10-13,16-18H2,1-2H3. The van der Waals surface area contributed by atoms with Gasteiger partial charge in [0, 0.05) is 51.4 Å². The molecule has 1 aromatic carbocycles. The van der Waals surface area contributed by atoms with Crippen LogP contribution in [0.2, 0.25) is 0 Å². The lowest BCUT2D eigenvalue weighted by molar-refractivity contribution is 0.0513. The Kier molecular flexibility index (Phi) is 6.70. The third kappa shape index (κ3) is 4.88. The molecule has 1 aliphatic carbocycles. The number of benzene rings is 1. The van der Waals surface area contributed by atoms with Crippen molar-refractivity contribution >= 4 is 11.8 Å². The SMILES string of the molecule is CN(C(=O)c1ccn(C)n1)C(Cc1ccccc1)C1CCN(C(=O)c2noc3c2CCCC3)CC1. The minimum atomic E-state index is -0.0701. The summed E-state index contributed by atoms with van der Waals surface area (Å²) in [5.41, 5.74) is 3.16. The van der Waals surface area contributed by atoms with E-state index >= 15 is 0 Å². The first-order valence-corrected chi connectivity index (χ1v) is 12.6. The van der Waals surface area contributed by atoms with Gasteiger partial charge >= 0.3 is 0 Å². The van der Waals surface area contributed by atoms with Crippen molar-refractivity contribution in [1.82, 2.24) is 24.7 Å². The first-order chi connectivity index (χ1) is 17.0. The Morgan fingerprint density at radius 1 is 1.11 bits per heavy atom. The highest BCUT2D eigenvalue weighted by Crippen LogP contribution is 2.30. The van der Waals surface area contributed by atoms with Gasteiger partial charge in [0.25, 0.3) is 11.8 Å². The van der Waals surface area contributed by atoms with Crippen LogP contribution in [0.15, 0.2) is 47.1 Å². The number of likely N-dealkylation sites (tertiary alicyclic amines) is 1. The maximum atomic E-state index is 13.3. The molecule has 2 aromatic heterocycles. The summed E-state index contributed by atoms with van der Waals surface area (Å²) < 4.78 is 7.13. The second kappa shape index (κ2) is 10.1. The molecule has 1 unspecified atom stereocenters. The van der Waals surface area contributed by atoms with Gasteiger partial charge in [-0.2, -0.15) is 5.10 Å². The fraction of sp³-hybridized carbons (Fsp3) is 0.481. The quantitative estimate of drug-likeness (QED) is 0.545. The molecule has 0 bridgehead atoms. The van der Waals surface area contributed by atoms with E-state index in [1.165, 1.54) is 5.56 Å². The predicted molar refractivity (Wildman–Crippen MR) is 131 cm³/mol. The van der Waals surface area contributed by atoms with Gasteiger partial charge in [-0.05, 0) is 56.1 Å². The smallest absolute Gasteiger partial charge is 0.276 e. The van der Waals surface area contributed by atoms with Crippen LogP contribution < -0.4 is 0 Å². The van der Waals surface area contributed by atoms with Gasteiger partial charge in [-0.1, -0.05) is 35.5 Å². The maximum Gasteiger partial charge on any atom is 0.276 e. The molecule has 1 atom stereocenters. The van der Waals surface area contributed by atoms with E-state index in [2.05, 4.69) is 22.4 Å². The summed E-state index contributed by atoms with van der Waals surface area (Å²) in [7, 11) is 3.70. The largest absolute Gasteiger partial charge is 0.360 e. The molecule has 0 radical (unpaired) electrons. The molecule has 3 aromatic rings. The lowest BCUT2D eigenvalue weighted by Crippen LogP contribution is -2.48. The van der Waals surface area contributed by atoms with Crippen molar-refractivity contribution in [1.29, 1.82) is 0 Å². The van der Waals surface area contributed by atoms with E-state index in [-0.39, 0.29) is 23.8 Å². The number of hydrogen-bond donors (Lipinski definition) is 0. The molecule has 0 saturated carbocycles. The Hall–Kier alpha value is -3.42. The number of rotatable bonds is 6. The number of likely N-dealkylation sites (N-methyl/N-ethyl adjacent to an activating group) is 1. The van der Waals surface area contributed by atoms with E-state index in [1.807, 2.05) is 42.1 Å². The summed E-state index contributed by atoms with van der Waals surface area (Å²) >= 11 is 0. The lowest BCUT2D eigenvalue weighted by Gasteiger charge is -2.40. The monoisotopic (exact) mass is 475 g/mol. The van der Waals surface area contributed by atoms with Crippen LogP contribution in [0.5, 0.6) is 0 Å². The van der Waals surface area contributed by atoms with Crippen LogP contribution in [0.4, 0.5) is 0 Å². The highest BCUT2D eigenvalue weighted by atomic mass is 16.5. The zero-order chi connectivity index (χ0) is 24.4. The van der Waals surface area contributed by atoms with Crippen LogP contribution in [0.1, 0.15) is 63.5 Å². The molecular formula is C27H33N5O3. The predicted octanol–water partition coefficient (Wildman–Crippen LogP) is 3.52. The van der Waals surface area contributed by atoms with E-state index < -0.39 is 0 Å². The van der Waals surface area contributed by atoms with Crippen molar-refractivity contribution in [2.75, 3.05) is 20.1 Å². The summed E-state index contributed by atoms with van der Waals surface area (Å²) in [6, 6.07) is 12.1. The molecule has 8 nitrogen and oxygen atoms in total. The number of carbonyl (C=O) groups excluding carboxylic acids is 2. The van der Waals surface area contributed by atoms with E-state index in [1.54, 1.807) is 16.9 Å². The van der Waals surface area contributed by atoms with Crippen LogP contribution in [-0.4, -0.2) is 62.7 Å². The fourth-order valence-corrected chi connectivity index (χ4v) is 5.53. The molecule has 1 saturated heterocycles. The Bertz CT molecular complexity index is 1180. The van der Waals surface area contributed by atoms with Crippen molar-refractivity contribution in [2.24, 2.45) is 13.0 Å². The molecule has 35 heavy (non-hydrogen) atoms. The van der Waals surface area contributed by atoms with Crippen molar-refractivity contribution in [3.05, 3.63) is 70.9 Å². The van der Waals surface area contributed by atoms with Crippen LogP contribution in [0.25, 0.3) is 0 Å². The second-order valence-electron chi connectivity index (χ2n) is 9.82. The number of carbonyl (C=O) groups is 2. The molecule has 3 heterocycles. The molecule has 5 rings (SSSR count). The minimum Gasteiger partial charge on any atom is -0.360 e. The topological polar surface area (TPSA) is 84.5 Å². The molecule has 0 N–H and O–H groups in total. The average Bonchev–Trinajstić information content (AvgIpc) is 3.53. The number of nitrogens with zero attached hydrogens (tertiary/aromatic N) is 5. The first kappa shape index (κ1) is 23.3. The highest BCUT2D eigenvalue weighted by Gasteiger charge is 2.35. The Morgan fingerprint density at radius 2 is 1.86 bits per heavy atom. The molecular weight excluding hydrogens is 442 g/mol. The minimum absolute atomic E-state index is 0.0176. The highest BCUT2D eigenvalue weighted by molar-refractivity contribution is 5.94. The molecule has 0 spiro atoms. The van der Waals surface area contributed by atoms with Gasteiger partial charge in [0.15, 0.2) is 5.69 Å². The lowest BCUT2D eigenvalue weighted by atomic mass is 9.84. The number of aryl methyl sites for hydroxylation is 2. The van der Waals surface area contributed by atoms with Gasteiger partial charge in [-0.25, -0.2) is 0 Å². The van der Waals surface area contributed by atoms with Crippen LogP contribution in [-0.2, 0) is 26.3 Å². The van der Waals surface area contributed by atoms with Gasteiger partial charge < -0.3 is 14.3 Å². The van der Waals surface area contributed by atoms with Crippen molar-refractivity contribution in [3.8, 4) is 0 Å². The number of hydrogen-bond acceptors (Lipinski definition) is 5. The van der Waals surface area contributed by atoms with Gasteiger partial charge in [-0.15, -0.1) is 0 Å². The van der Waals surface area contributed by atoms with Gasteiger partial charge in [0.05, 0.1) is 0 Å². The van der Waals surface area contributed by atoms with E-state index in [4.69, 9.17) is 4.52 Å². The van der Waals surface area contributed by atoms with Gasteiger partial charge in [0.2, 0.25) is 0 Å². The summed E-state index contributed by atoms with van der Waals surface area (Å²) in [5.74, 6) is 1.07. The third-order valence-electron chi connectivity index (χ3n) is 7.56. The Morgan fingerprint density at radius 3 is 2.57 bits per heavy atom.